The molecule has 1 atom stereocenters. The van der Waals surface area contributed by atoms with Crippen LogP contribution in [-0.4, -0.2) is 36.9 Å². The van der Waals surface area contributed by atoms with Gasteiger partial charge in [0.05, 0.1) is 29.1 Å². The molecule has 0 saturated heterocycles. The number of rotatable bonds is 8. The number of hydrogen-bond donors (Lipinski definition) is 2. The van der Waals surface area contributed by atoms with Crippen LogP contribution in [0.15, 0.2) is 85.3 Å². The highest BCUT2D eigenvalue weighted by Crippen LogP contribution is 2.48. The lowest BCUT2D eigenvalue weighted by Crippen LogP contribution is -2.35. The Bertz CT molecular complexity index is 1660. The molecule has 0 radical (unpaired) electrons. The fraction of sp³-hybridized carbons (Fsp3) is 0.250. The second kappa shape index (κ2) is 10.1. The second-order valence-corrected chi connectivity index (χ2v) is 10.5. The standard InChI is InChI=1S/C32H31N5O2/c1-21-15-22(16-25(38)17-24-7-5-6-14-33-24)10-11-26(21)31(39)36-32(12-13-32)28-18-30(23-19-34-37(2)20-23)35-29-9-4-3-8-27(28)29/h3-11,14-15,18-20,25,38H,12-13,16-17H2,1-2H3,(H,36,39). The summed E-state index contributed by atoms with van der Waals surface area (Å²) in [6.07, 6.45) is 7.71. The van der Waals surface area contributed by atoms with E-state index in [1.807, 2.05) is 81.0 Å². The van der Waals surface area contributed by atoms with Gasteiger partial charge in [0.25, 0.3) is 5.91 Å². The first-order valence-corrected chi connectivity index (χ1v) is 13.3. The third kappa shape index (κ3) is 5.18. The van der Waals surface area contributed by atoms with Gasteiger partial charge in [-0.2, -0.15) is 5.10 Å². The smallest absolute Gasteiger partial charge is 0.252 e. The normalized spacial score (nSPS) is 14.7. The molecule has 1 amide bonds. The quantitative estimate of drug-likeness (QED) is 0.305. The van der Waals surface area contributed by atoms with Gasteiger partial charge >= 0.3 is 0 Å². The molecule has 1 aliphatic carbocycles. The van der Waals surface area contributed by atoms with E-state index in [9.17, 15) is 9.90 Å². The highest BCUT2D eigenvalue weighted by molar-refractivity contribution is 5.97. The number of benzene rings is 2. The summed E-state index contributed by atoms with van der Waals surface area (Å²) in [6.45, 7) is 1.95. The average molecular weight is 518 g/mol. The van der Waals surface area contributed by atoms with Gasteiger partial charge in [-0.15, -0.1) is 0 Å². The highest BCUT2D eigenvalue weighted by atomic mass is 16.3. The van der Waals surface area contributed by atoms with E-state index in [1.54, 1.807) is 10.9 Å². The molecule has 7 heteroatoms. The Morgan fingerprint density at radius 3 is 2.62 bits per heavy atom. The van der Waals surface area contributed by atoms with Gasteiger partial charge in [-0.05, 0) is 73.2 Å². The zero-order valence-corrected chi connectivity index (χ0v) is 22.1. The number of pyridine rings is 2. The fourth-order valence-corrected chi connectivity index (χ4v) is 5.36. The van der Waals surface area contributed by atoms with Gasteiger partial charge in [-0.3, -0.25) is 14.5 Å². The van der Waals surface area contributed by atoms with Crippen LogP contribution in [0.3, 0.4) is 0 Å². The van der Waals surface area contributed by atoms with Crippen molar-refractivity contribution in [3.8, 4) is 11.3 Å². The minimum Gasteiger partial charge on any atom is -0.392 e. The van der Waals surface area contributed by atoms with E-state index in [1.165, 1.54) is 0 Å². The number of amides is 1. The molecular formula is C32H31N5O2. The average Bonchev–Trinajstić information content (AvgIpc) is 3.57. The van der Waals surface area contributed by atoms with Crippen molar-refractivity contribution >= 4 is 16.8 Å². The van der Waals surface area contributed by atoms with Crippen LogP contribution in [0.2, 0.25) is 0 Å². The predicted octanol–water partition coefficient (Wildman–Crippen LogP) is 4.90. The van der Waals surface area contributed by atoms with Crippen molar-refractivity contribution in [1.82, 2.24) is 25.1 Å². The number of aryl methyl sites for hydroxylation is 2. The first kappa shape index (κ1) is 24.9. The molecule has 39 heavy (non-hydrogen) atoms. The Kier molecular flexibility index (Phi) is 6.45. The number of nitrogens with zero attached hydrogens (tertiary/aromatic N) is 4. The Morgan fingerprint density at radius 2 is 1.90 bits per heavy atom. The topological polar surface area (TPSA) is 92.9 Å². The molecule has 0 spiro atoms. The number of aromatic nitrogens is 4. The van der Waals surface area contributed by atoms with Crippen molar-refractivity contribution in [2.24, 2.45) is 7.05 Å². The van der Waals surface area contributed by atoms with Crippen molar-refractivity contribution in [3.63, 3.8) is 0 Å². The monoisotopic (exact) mass is 517 g/mol. The molecule has 1 saturated carbocycles. The van der Waals surface area contributed by atoms with Gasteiger partial charge in [0.2, 0.25) is 0 Å². The number of carbonyl (C=O) groups excluding carboxylic acids is 1. The van der Waals surface area contributed by atoms with Gasteiger partial charge in [0, 0.05) is 48.1 Å². The lowest BCUT2D eigenvalue weighted by atomic mass is 9.96. The first-order valence-electron chi connectivity index (χ1n) is 13.3. The van der Waals surface area contributed by atoms with E-state index in [4.69, 9.17) is 4.98 Å². The molecule has 0 bridgehead atoms. The van der Waals surface area contributed by atoms with E-state index < -0.39 is 11.6 Å². The Hall–Kier alpha value is -4.36. The van der Waals surface area contributed by atoms with E-state index in [0.29, 0.717) is 18.4 Å². The SMILES string of the molecule is Cc1cc(CC(O)Cc2ccccn2)ccc1C(=O)NC1(c2cc(-c3cnn(C)c3)nc3ccccc23)CC1. The van der Waals surface area contributed by atoms with Crippen LogP contribution in [0.1, 0.15) is 45.6 Å². The summed E-state index contributed by atoms with van der Waals surface area (Å²) in [7, 11) is 1.89. The van der Waals surface area contributed by atoms with Crippen LogP contribution in [0.25, 0.3) is 22.2 Å². The minimum absolute atomic E-state index is 0.0885. The van der Waals surface area contributed by atoms with Gasteiger partial charge in [-0.25, -0.2) is 4.98 Å². The molecule has 3 heterocycles. The third-order valence-electron chi connectivity index (χ3n) is 7.51. The van der Waals surface area contributed by atoms with Crippen LogP contribution in [0.4, 0.5) is 0 Å². The van der Waals surface area contributed by atoms with Gasteiger partial charge in [-0.1, -0.05) is 36.4 Å². The number of hydrogen-bond acceptors (Lipinski definition) is 5. The van der Waals surface area contributed by atoms with Crippen molar-refractivity contribution in [3.05, 3.63) is 113 Å². The van der Waals surface area contributed by atoms with Crippen LogP contribution >= 0.6 is 0 Å². The van der Waals surface area contributed by atoms with E-state index in [-0.39, 0.29) is 5.91 Å². The summed E-state index contributed by atoms with van der Waals surface area (Å²) >= 11 is 0. The lowest BCUT2D eigenvalue weighted by Gasteiger charge is -2.22. The van der Waals surface area contributed by atoms with Crippen molar-refractivity contribution in [2.75, 3.05) is 0 Å². The molecule has 3 aromatic heterocycles. The van der Waals surface area contributed by atoms with Crippen molar-refractivity contribution < 1.29 is 9.90 Å². The number of aliphatic hydroxyl groups is 1. The fourth-order valence-electron chi connectivity index (χ4n) is 5.36. The molecule has 7 nitrogen and oxygen atoms in total. The Labute approximate surface area is 227 Å². The maximum atomic E-state index is 13.6. The second-order valence-electron chi connectivity index (χ2n) is 10.5. The molecule has 1 unspecified atom stereocenters. The van der Waals surface area contributed by atoms with Gasteiger partial charge in [0.15, 0.2) is 0 Å². The van der Waals surface area contributed by atoms with E-state index in [2.05, 4.69) is 27.5 Å². The van der Waals surface area contributed by atoms with Gasteiger partial charge < -0.3 is 10.4 Å². The van der Waals surface area contributed by atoms with E-state index in [0.717, 1.165) is 57.4 Å². The number of fused-ring (bicyclic) bond motifs is 1. The molecular weight excluding hydrogens is 486 g/mol. The van der Waals surface area contributed by atoms with Crippen LogP contribution in [0, 0.1) is 6.92 Å². The summed E-state index contributed by atoms with van der Waals surface area (Å²) < 4.78 is 1.77. The molecule has 5 aromatic rings. The summed E-state index contributed by atoms with van der Waals surface area (Å²) in [6, 6.07) is 21.7. The van der Waals surface area contributed by atoms with Crippen LogP contribution in [0.5, 0.6) is 0 Å². The first-order chi connectivity index (χ1) is 18.9. The maximum absolute atomic E-state index is 13.6. The Balaban J connectivity index is 1.23. The number of nitrogens with one attached hydrogen (secondary N) is 1. The number of aliphatic hydroxyl groups excluding tert-OH is 1. The summed E-state index contributed by atoms with van der Waals surface area (Å²) in [5.74, 6) is -0.0885. The minimum atomic E-state index is -0.539. The number of carbonyl (C=O) groups is 1. The predicted molar refractivity (Wildman–Crippen MR) is 151 cm³/mol. The maximum Gasteiger partial charge on any atom is 0.252 e. The van der Waals surface area contributed by atoms with Gasteiger partial charge in [0.1, 0.15) is 0 Å². The third-order valence-corrected chi connectivity index (χ3v) is 7.51. The lowest BCUT2D eigenvalue weighted by molar-refractivity contribution is 0.0930. The molecule has 0 aliphatic heterocycles. The molecule has 6 rings (SSSR count). The molecule has 2 aromatic carbocycles. The van der Waals surface area contributed by atoms with Crippen LogP contribution < -0.4 is 5.32 Å². The van der Waals surface area contributed by atoms with E-state index >= 15 is 0 Å². The summed E-state index contributed by atoms with van der Waals surface area (Å²) in [5, 5.41) is 19.3. The highest BCUT2D eigenvalue weighted by Gasteiger charge is 2.47. The largest absolute Gasteiger partial charge is 0.392 e. The summed E-state index contributed by atoms with van der Waals surface area (Å²) in [4.78, 5) is 22.7. The summed E-state index contributed by atoms with van der Waals surface area (Å²) in [5.41, 5.74) is 6.76. The van der Waals surface area contributed by atoms with Crippen molar-refractivity contribution in [1.29, 1.82) is 0 Å². The van der Waals surface area contributed by atoms with Crippen LogP contribution in [-0.2, 0) is 25.4 Å². The Morgan fingerprint density at radius 1 is 1.08 bits per heavy atom. The molecule has 2 N–H and O–H groups in total. The zero-order valence-electron chi connectivity index (χ0n) is 22.1. The number of para-hydroxylation sites is 1. The molecule has 196 valence electrons. The zero-order chi connectivity index (χ0) is 27.0. The van der Waals surface area contributed by atoms with Crippen molar-refractivity contribution in [2.45, 2.75) is 44.2 Å². The molecule has 1 aliphatic rings. The molecule has 1 fully saturated rings.